The van der Waals surface area contributed by atoms with Crippen molar-refractivity contribution < 1.29 is 4.79 Å². The highest BCUT2D eigenvalue weighted by atomic mass is 16.2. The van der Waals surface area contributed by atoms with Gasteiger partial charge in [-0.05, 0) is 44.0 Å². The summed E-state index contributed by atoms with van der Waals surface area (Å²) in [5.41, 5.74) is 2.06. The molecule has 0 spiro atoms. The maximum Gasteiger partial charge on any atom is 0.321 e. The van der Waals surface area contributed by atoms with Gasteiger partial charge in [0.05, 0.1) is 0 Å². The molecule has 1 aliphatic carbocycles. The van der Waals surface area contributed by atoms with Crippen LogP contribution in [0.3, 0.4) is 0 Å². The third kappa shape index (κ3) is 4.21. The smallest absolute Gasteiger partial charge is 0.321 e. The predicted octanol–water partition coefficient (Wildman–Crippen LogP) is 3.76. The van der Waals surface area contributed by atoms with Crippen LogP contribution in [0.25, 0.3) is 0 Å². The van der Waals surface area contributed by atoms with Crippen LogP contribution >= 0.6 is 0 Å². The lowest BCUT2D eigenvalue weighted by molar-refractivity contribution is 0.205. The van der Waals surface area contributed by atoms with Gasteiger partial charge >= 0.3 is 6.03 Å². The lowest BCUT2D eigenvalue weighted by atomic mass is 10.1. The van der Waals surface area contributed by atoms with Gasteiger partial charge in [-0.1, -0.05) is 31.9 Å². The molecule has 1 atom stereocenters. The second-order valence-electron chi connectivity index (χ2n) is 5.88. The van der Waals surface area contributed by atoms with E-state index in [9.17, 15) is 4.79 Å². The quantitative estimate of drug-likeness (QED) is 0.866. The van der Waals surface area contributed by atoms with Crippen LogP contribution in [-0.4, -0.2) is 30.6 Å². The molecule has 4 heteroatoms. The van der Waals surface area contributed by atoms with Crippen LogP contribution < -0.4 is 10.6 Å². The third-order valence-electron chi connectivity index (χ3n) is 4.34. The van der Waals surface area contributed by atoms with E-state index in [0.29, 0.717) is 12.1 Å². The average Bonchev–Trinajstić information content (AvgIpc) is 3.01. The minimum Gasteiger partial charge on any atom is -0.325 e. The van der Waals surface area contributed by atoms with Gasteiger partial charge in [0, 0.05) is 24.8 Å². The van der Waals surface area contributed by atoms with Crippen molar-refractivity contribution in [1.82, 2.24) is 10.2 Å². The van der Waals surface area contributed by atoms with Gasteiger partial charge in [0.25, 0.3) is 0 Å². The molecule has 1 aromatic carbocycles. The summed E-state index contributed by atoms with van der Waals surface area (Å²) in [5, 5.41) is 6.40. The zero-order chi connectivity index (χ0) is 15.2. The number of carbonyl (C=O) groups is 1. The predicted molar refractivity (Wildman–Crippen MR) is 87.6 cm³/mol. The zero-order valence-corrected chi connectivity index (χ0v) is 13.4. The summed E-state index contributed by atoms with van der Waals surface area (Å²) in [6.07, 6.45) is 4.72. The third-order valence-corrected chi connectivity index (χ3v) is 4.34. The maximum absolute atomic E-state index is 12.3. The first-order valence-electron chi connectivity index (χ1n) is 7.99. The van der Waals surface area contributed by atoms with E-state index in [1.807, 2.05) is 30.1 Å². The van der Waals surface area contributed by atoms with Gasteiger partial charge in [-0.25, -0.2) is 4.79 Å². The summed E-state index contributed by atoms with van der Waals surface area (Å²) in [6.45, 7) is 5.16. The molecule has 1 aromatic rings. The molecule has 1 saturated carbocycles. The number of rotatable bonds is 5. The fraction of sp³-hybridized carbons (Fsp3) is 0.588. The van der Waals surface area contributed by atoms with E-state index in [1.165, 1.54) is 18.4 Å². The molecule has 0 heterocycles. The van der Waals surface area contributed by atoms with Crippen molar-refractivity contribution in [2.45, 2.75) is 51.6 Å². The van der Waals surface area contributed by atoms with E-state index in [0.717, 1.165) is 25.1 Å². The molecule has 0 saturated heterocycles. The van der Waals surface area contributed by atoms with Gasteiger partial charge in [-0.15, -0.1) is 0 Å². The highest BCUT2D eigenvalue weighted by molar-refractivity contribution is 5.89. The van der Waals surface area contributed by atoms with Crippen LogP contribution in [0.15, 0.2) is 24.3 Å². The molecule has 0 aromatic heterocycles. The summed E-state index contributed by atoms with van der Waals surface area (Å²) in [5.74, 6) is 0. The normalized spacial score (nSPS) is 16.7. The number of nitrogens with zero attached hydrogens (tertiary/aromatic N) is 1. The Bertz CT molecular complexity index is 469. The number of carbonyl (C=O) groups excluding carboxylic acids is 1. The molecule has 1 aliphatic rings. The topological polar surface area (TPSA) is 44.4 Å². The molecule has 21 heavy (non-hydrogen) atoms. The fourth-order valence-corrected chi connectivity index (χ4v) is 2.98. The van der Waals surface area contributed by atoms with Crippen LogP contribution in [0.5, 0.6) is 0 Å². The van der Waals surface area contributed by atoms with Crippen molar-refractivity contribution in [2.24, 2.45) is 0 Å². The first-order valence-corrected chi connectivity index (χ1v) is 7.99. The van der Waals surface area contributed by atoms with Gasteiger partial charge in [-0.3, -0.25) is 0 Å². The molecule has 0 aliphatic heterocycles. The molecular weight excluding hydrogens is 262 g/mol. The number of urea groups is 1. The molecular formula is C17H27N3O. The summed E-state index contributed by atoms with van der Waals surface area (Å²) in [7, 11) is 1.90. The second-order valence-corrected chi connectivity index (χ2v) is 5.88. The van der Waals surface area contributed by atoms with Crippen molar-refractivity contribution in [3.63, 3.8) is 0 Å². The van der Waals surface area contributed by atoms with E-state index < -0.39 is 0 Å². The van der Waals surface area contributed by atoms with E-state index in [1.54, 1.807) is 0 Å². The van der Waals surface area contributed by atoms with E-state index in [2.05, 4.69) is 30.5 Å². The number of anilines is 1. The maximum atomic E-state index is 12.3. The van der Waals surface area contributed by atoms with Gasteiger partial charge in [0.2, 0.25) is 0 Å². The van der Waals surface area contributed by atoms with Crippen molar-refractivity contribution in [1.29, 1.82) is 0 Å². The zero-order valence-electron chi connectivity index (χ0n) is 13.4. The molecule has 2 rings (SSSR count). The number of nitrogens with one attached hydrogen (secondary N) is 2. The summed E-state index contributed by atoms with van der Waals surface area (Å²) in [6, 6.07) is 8.76. The van der Waals surface area contributed by atoms with Crippen LogP contribution in [0.2, 0.25) is 0 Å². The monoisotopic (exact) mass is 289 g/mol. The molecule has 116 valence electrons. The van der Waals surface area contributed by atoms with Gasteiger partial charge in [0.1, 0.15) is 0 Å². The van der Waals surface area contributed by atoms with E-state index >= 15 is 0 Å². The Labute approximate surface area is 127 Å². The van der Waals surface area contributed by atoms with Gasteiger partial charge < -0.3 is 15.5 Å². The average molecular weight is 289 g/mol. The van der Waals surface area contributed by atoms with E-state index in [4.69, 9.17) is 0 Å². The van der Waals surface area contributed by atoms with Crippen molar-refractivity contribution in [3.05, 3.63) is 29.8 Å². The lowest BCUT2D eigenvalue weighted by Crippen LogP contribution is -2.38. The number of hydrogen-bond acceptors (Lipinski definition) is 2. The standard InChI is InChI=1S/C17H27N3O/c1-4-18-13(2)14-8-7-9-15(12-14)19-17(21)20(3)16-10-5-6-11-16/h7-9,12-13,16,18H,4-6,10-11H2,1-3H3,(H,19,21). The Morgan fingerprint density at radius 3 is 2.76 bits per heavy atom. The molecule has 4 nitrogen and oxygen atoms in total. The van der Waals surface area contributed by atoms with Crippen molar-refractivity contribution >= 4 is 11.7 Å². The molecule has 1 fully saturated rings. The first-order chi connectivity index (χ1) is 10.1. The molecule has 0 bridgehead atoms. The van der Waals surface area contributed by atoms with Crippen LogP contribution in [0.1, 0.15) is 51.1 Å². The molecule has 0 radical (unpaired) electrons. The highest BCUT2D eigenvalue weighted by Crippen LogP contribution is 2.23. The minimum atomic E-state index is -0.00449. The Morgan fingerprint density at radius 1 is 1.38 bits per heavy atom. The number of hydrogen-bond donors (Lipinski definition) is 2. The number of amides is 2. The van der Waals surface area contributed by atoms with Crippen LogP contribution in [-0.2, 0) is 0 Å². The summed E-state index contributed by atoms with van der Waals surface area (Å²) < 4.78 is 0. The Hall–Kier alpha value is -1.55. The van der Waals surface area contributed by atoms with Crippen molar-refractivity contribution in [2.75, 3.05) is 18.9 Å². The summed E-state index contributed by atoms with van der Waals surface area (Å²) >= 11 is 0. The molecule has 2 amide bonds. The first kappa shape index (κ1) is 15.8. The largest absolute Gasteiger partial charge is 0.325 e. The van der Waals surface area contributed by atoms with Gasteiger partial charge in [-0.2, -0.15) is 0 Å². The minimum absolute atomic E-state index is 0.00449. The fourth-order valence-electron chi connectivity index (χ4n) is 2.98. The highest BCUT2D eigenvalue weighted by Gasteiger charge is 2.23. The SMILES string of the molecule is CCNC(C)c1cccc(NC(=O)N(C)C2CCCC2)c1. The number of benzene rings is 1. The van der Waals surface area contributed by atoms with Gasteiger partial charge in [0.15, 0.2) is 0 Å². The second kappa shape index (κ2) is 7.46. The lowest BCUT2D eigenvalue weighted by Gasteiger charge is -2.24. The molecule has 2 N–H and O–H groups in total. The van der Waals surface area contributed by atoms with Crippen LogP contribution in [0.4, 0.5) is 10.5 Å². The Kier molecular flexibility index (Phi) is 5.62. The Balaban J connectivity index is 1.98. The summed E-state index contributed by atoms with van der Waals surface area (Å²) in [4.78, 5) is 14.2. The molecule has 1 unspecified atom stereocenters. The Morgan fingerprint density at radius 2 is 2.10 bits per heavy atom. The van der Waals surface area contributed by atoms with Crippen LogP contribution in [0, 0.1) is 0 Å². The van der Waals surface area contributed by atoms with E-state index in [-0.39, 0.29) is 6.03 Å². The van der Waals surface area contributed by atoms with Crippen molar-refractivity contribution in [3.8, 4) is 0 Å².